The highest BCUT2D eigenvalue weighted by atomic mass is 15.3. The summed E-state index contributed by atoms with van der Waals surface area (Å²) in [6.07, 6.45) is 4.71. The normalized spacial score (nSPS) is 17.8. The minimum atomic E-state index is 0.659. The second-order valence-electron chi connectivity index (χ2n) is 4.01. The Hall–Kier alpha value is -1.03. The lowest BCUT2D eigenvalue weighted by atomic mass is 10.4. The van der Waals surface area contributed by atoms with E-state index in [0.717, 1.165) is 18.7 Å². The number of nitrogens with two attached hydrogens (primary N) is 1. The second-order valence-corrected chi connectivity index (χ2v) is 4.01. The van der Waals surface area contributed by atoms with Crippen molar-refractivity contribution < 1.29 is 0 Å². The van der Waals surface area contributed by atoms with Gasteiger partial charge in [-0.3, -0.25) is 4.68 Å². The van der Waals surface area contributed by atoms with Crippen LogP contribution in [-0.2, 0) is 6.54 Å². The molecule has 1 aliphatic rings. The quantitative estimate of drug-likeness (QED) is 0.776. The van der Waals surface area contributed by atoms with E-state index in [0.29, 0.717) is 5.82 Å². The zero-order valence-electron chi connectivity index (χ0n) is 8.74. The van der Waals surface area contributed by atoms with Gasteiger partial charge in [-0.15, -0.1) is 0 Å². The smallest absolute Gasteiger partial charge is 0.148 e. The van der Waals surface area contributed by atoms with E-state index >= 15 is 0 Å². The molecule has 0 amide bonds. The van der Waals surface area contributed by atoms with Crippen LogP contribution in [-0.4, -0.2) is 34.3 Å². The van der Waals surface area contributed by atoms with Gasteiger partial charge in [-0.1, -0.05) is 0 Å². The summed E-state index contributed by atoms with van der Waals surface area (Å²) < 4.78 is 1.95. The van der Waals surface area contributed by atoms with Crippen molar-refractivity contribution in [2.75, 3.05) is 25.4 Å². The van der Waals surface area contributed by atoms with E-state index in [1.165, 1.54) is 25.9 Å². The summed E-state index contributed by atoms with van der Waals surface area (Å²) in [5, 5.41) is 4.24. The lowest BCUT2D eigenvalue weighted by Crippen LogP contribution is -2.24. The molecule has 2 heterocycles. The zero-order chi connectivity index (χ0) is 9.97. The lowest BCUT2D eigenvalue weighted by molar-refractivity contribution is 0.316. The largest absolute Gasteiger partial charge is 0.382 e. The second kappa shape index (κ2) is 4.00. The fourth-order valence-electron chi connectivity index (χ4n) is 1.90. The maximum Gasteiger partial charge on any atom is 0.148 e. The van der Waals surface area contributed by atoms with Crippen molar-refractivity contribution >= 4 is 5.82 Å². The highest BCUT2D eigenvalue weighted by Gasteiger charge is 2.11. The predicted octanol–water partition coefficient (Wildman–Crippen LogP) is 0.870. The molecule has 1 aliphatic heterocycles. The van der Waals surface area contributed by atoms with Crippen LogP contribution in [0.2, 0.25) is 0 Å². The van der Waals surface area contributed by atoms with Gasteiger partial charge in [0.05, 0.1) is 6.54 Å². The van der Waals surface area contributed by atoms with Crippen LogP contribution in [0.4, 0.5) is 5.82 Å². The van der Waals surface area contributed by atoms with Crippen molar-refractivity contribution in [1.82, 2.24) is 14.7 Å². The van der Waals surface area contributed by atoms with Crippen molar-refractivity contribution in [3.63, 3.8) is 0 Å². The first-order chi connectivity index (χ1) is 6.75. The number of anilines is 1. The molecule has 0 bridgehead atoms. The van der Waals surface area contributed by atoms with E-state index in [1.54, 1.807) is 0 Å². The number of hydrogen-bond acceptors (Lipinski definition) is 3. The van der Waals surface area contributed by atoms with E-state index in [4.69, 9.17) is 5.73 Å². The van der Waals surface area contributed by atoms with Crippen LogP contribution in [0.1, 0.15) is 18.4 Å². The third-order valence-corrected chi connectivity index (χ3v) is 2.83. The van der Waals surface area contributed by atoms with Crippen LogP contribution in [0.25, 0.3) is 0 Å². The van der Waals surface area contributed by atoms with Crippen LogP contribution in [0.3, 0.4) is 0 Å². The Morgan fingerprint density at radius 1 is 1.36 bits per heavy atom. The molecule has 0 spiro atoms. The molecule has 78 valence electrons. The van der Waals surface area contributed by atoms with Gasteiger partial charge in [-0.2, -0.15) is 5.10 Å². The summed E-state index contributed by atoms with van der Waals surface area (Å²) in [5.41, 5.74) is 6.75. The number of hydrogen-bond donors (Lipinski definition) is 1. The molecule has 2 N–H and O–H groups in total. The highest BCUT2D eigenvalue weighted by molar-refractivity contribution is 5.35. The summed E-state index contributed by atoms with van der Waals surface area (Å²) in [6.45, 7) is 6.54. The Bertz CT molecular complexity index is 280. The highest BCUT2D eigenvalue weighted by Crippen LogP contribution is 2.09. The van der Waals surface area contributed by atoms with Gasteiger partial charge in [0.1, 0.15) is 5.82 Å². The van der Waals surface area contributed by atoms with Gasteiger partial charge in [0, 0.05) is 18.3 Å². The summed E-state index contributed by atoms with van der Waals surface area (Å²) in [6, 6.07) is 0. The van der Waals surface area contributed by atoms with Gasteiger partial charge in [-0.25, -0.2) is 0 Å². The van der Waals surface area contributed by atoms with Crippen molar-refractivity contribution in [2.24, 2.45) is 0 Å². The van der Waals surface area contributed by atoms with Gasteiger partial charge in [-0.05, 0) is 32.9 Å². The van der Waals surface area contributed by atoms with E-state index in [2.05, 4.69) is 10.00 Å². The Balaban J connectivity index is 1.85. The van der Waals surface area contributed by atoms with Crippen molar-refractivity contribution in [3.05, 3.63) is 11.8 Å². The summed E-state index contributed by atoms with van der Waals surface area (Å²) >= 11 is 0. The molecule has 4 nitrogen and oxygen atoms in total. The third-order valence-electron chi connectivity index (χ3n) is 2.83. The van der Waals surface area contributed by atoms with Crippen molar-refractivity contribution in [1.29, 1.82) is 0 Å². The summed E-state index contributed by atoms with van der Waals surface area (Å²) in [7, 11) is 0. The molecule has 0 unspecified atom stereocenters. The van der Waals surface area contributed by atoms with Gasteiger partial charge in [0.2, 0.25) is 0 Å². The average Bonchev–Trinajstić information content (AvgIpc) is 2.74. The van der Waals surface area contributed by atoms with Crippen LogP contribution in [0, 0.1) is 6.92 Å². The Morgan fingerprint density at radius 3 is 2.64 bits per heavy atom. The SMILES string of the molecule is Cc1cn(CCN2CCCC2)nc1N. The summed E-state index contributed by atoms with van der Waals surface area (Å²) in [4.78, 5) is 2.48. The molecular formula is C10H18N4. The predicted molar refractivity (Wildman–Crippen MR) is 57.1 cm³/mol. The molecule has 0 atom stereocenters. The fraction of sp³-hybridized carbons (Fsp3) is 0.700. The molecule has 4 heteroatoms. The fourth-order valence-corrected chi connectivity index (χ4v) is 1.90. The topological polar surface area (TPSA) is 47.1 Å². The van der Waals surface area contributed by atoms with E-state index < -0.39 is 0 Å². The summed E-state index contributed by atoms with van der Waals surface area (Å²) in [5.74, 6) is 0.659. The molecule has 1 aromatic rings. The molecule has 0 radical (unpaired) electrons. The lowest BCUT2D eigenvalue weighted by Gasteiger charge is -2.13. The van der Waals surface area contributed by atoms with E-state index in [1.807, 2.05) is 17.8 Å². The molecular weight excluding hydrogens is 176 g/mol. The number of nitrogen functional groups attached to an aromatic ring is 1. The van der Waals surface area contributed by atoms with E-state index in [9.17, 15) is 0 Å². The van der Waals surface area contributed by atoms with Crippen LogP contribution in [0.5, 0.6) is 0 Å². The Kier molecular flexibility index (Phi) is 2.72. The Labute approximate surface area is 84.7 Å². The molecule has 0 aliphatic carbocycles. The number of aryl methyl sites for hydroxylation is 1. The van der Waals surface area contributed by atoms with Crippen LogP contribution in [0.15, 0.2) is 6.20 Å². The monoisotopic (exact) mass is 194 g/mol. The minimum Gasteiger partial charge on any atom is -0.382 e. The first-order valence-electron chi connectivity index (χ1n) is 5.27. The average molecular weight is 194 g/mol. The van der Waals surface area contributed by atoms with Gasteiger partial charge in [0.15, 0.2) is 0 Å². The molecule has 1 aromatic heterocycles. The van der Waals surface area contributed by atoms with Gasteiger partial charge < -0.3 is 10.6 Å². The number of aromatic nitrogens is 2. The number of nitrogens with zero attached hydrogens (tertiary/aromatic N) is 3. The molecule has 0 saturated carbocycles. The van der Waals surface area contributed by atoms with Crippen molar-refractivity contribution in [3.8, 4) is 0 Å². The molecule has 1 saturated heterocycles. The maximum absolute atomic E-state index is 5.68. The van der Waals surface area contributed by atoms with Crippen LogP contribution < -0.4 is 5.73 Å². The molecule has 1 fully saturated rings. The van der Waals surface area contributed by atoms with Crippen LogP contribution >= 0.6 is 0 Å². The number of likely N-dealkylation sites (tertiary alicyclic amines) is 1. The standard InChI is InChI=1S/C10H18N4/c1-9-8-14(12-10(9)11)7-6-13-4-2-3-5-13/h8H,2-7H2,1H3,(H2,11,12). The van der Waals surface area contributed by atoms with Gasteiger partial charge in [0.25, 0.3) is 0 Å². The first kappa shape index (κ1) is 9.52. The first-order valence-corrected chi connectivity index (χ1v) is 5.27. The molecule has 0 aromatic carbocycles. The van der Waals surface area contributed by atoms with Crippen molar-refractivity contribution in [2.45, 2.75) is 26.3 Å². The van der Waals surface area contributed by atoms with E-state index in [-0.39, 0.29) is 0 Å². The minimum absolute atomic E-state index is 0.659. The Morgan fingerprint density at radius 2 is 2.07 bits per heavy atom. The number of rotatable bonds is 3. The zero-order valence-corrected chi connectivity index (χ0v) is 8.74. The molecule has 2 rings (SSSR count). The molecule has 14 heavy (non-hydrogen) atoms. The third kappa shape index (κ3) is 2.07. The maximum atomic E-state index is 5.68. The van der Waals surface area contributed by atoms with Gasteiger partial charge >= 0.3 is 0 Å².